The Morgan fingerprint density at radius 3 is 2.47 bits per heavy atom. The molecule has 1 aromatic carbocycles. The Bertz CT molecular complexity index is 1970. The molecular formula is C28H34N12O7. The number of hydrogen-bond acceptors (Lipinski definition) is 14. The number of aliphatic hydroxyl groups excluding tert-OH is 2. The van der Waals surface area contributed by atoms with Crippen molar-refractivity contribution in [1.29, 1.82) is 0 Å². The summed E-state index contributed by atoms with van der Waals surface area (Å²) in [5, 5.41) is 35.0. The highest BCUT2D eigenvalue weighted by molar-refractivity contribution is 5.73. The molecule has 47 heavy (non-hydrogen) atoms. The molecule has 4 aromatic heterocycles. The highest BCUT2D eigenvalue weighted by Crippen LogP contribution is 2.30. The first kappa shape index (κ1) is 31.6. The van der Waals surface area contributed by atoms with Crippen molar-refractivity contribution in [1.82, 2.24) is 39.5 Å². The number of hydrogen-bond donors (Lipinski definition) is 9. The molecule has 0 radical (unpaired) electrons. The number of nitrogens with zero attached hydrogens (tertiary/aromatic N) is 6. The Morgan fingerprint density at radius 2 is 1.79 bits per heavy atom. The number of imidazole rings is 2. The Morgan fingerprint density at radius 1 is 1.09 bits per heavy atom. The molecule has 1 fully saturated rings. The molecule has 5 aromatic rings. The van der Waals surface area contributed by atoms with Crippen LogP contribution >= 0.6 is 0 Å². The van der Waals surface area contributed by atoms with Gasteiger partial charge in [-0.3, -0.25) is 28.9 Å². The van der Waals surface area contributed by atoms with Crippen LogP contribution in [0.2, 0.25) is 0 Å². The maximum Gasteiger partial charge on any atom is 0.320 e. The van der Waals surface area contributed by atoms with Crippen LogP contribution in [0.15, 0.2) is 46.5 Å². The zero-order chi connectivity index (χ0) is 33.1. The van der Waals surface area contributed by atoms with E-state index in [1.54, 1.807) is 4.57 Å². The molecular weight excluding hydrogens is 616 g/mol. The number of anilines is 3. The molecule has 1 aliphatic heterocycles. The van der Waals surface area contributed by atoms with E-state index in [0.29, 0.717) is 26.2 Å². The molecule has 1 saturated heterocycles. The van der Waals surface area contributed by atoms with Crippen molar-refractivity contribution in [2.24, 2.45) is 5.73 Å². The second-order valence-corrected chi connectivity index (χ2v) is 11.0. The molecule has 5 heterocycles. The van der Waals surface area contributed by atoms with Gasteiger partial charge >= 0.3 is 5.97 Å². The topological polar surface area (TPSA) is 278 Å². The van der Waals surface area contributed by atoms with Gasteiger partial charge < -0.3 is 46.3 Å². The van der Waals surface area contributed by atoms with Crippen molar-refractivity contribution in [3.8, 4) is 0 Å². The number of ether oxygens (including phenoxy) is 1. The predicted octanol–water partition coefficient (Wildman–Crippen LogP) is -1.30. The number of carboxylic acid groups (broad SMARTS) is 1. The van der Waals surface area contributed by atoms with Gasteiger partial charge in [0, 0.05) is 38.3 Å². The lowest BCUT2D eigenvalue weighted by atomic mass is 10.1. The summed E-state index contributed by atoms with van der Waals surface area (Å²) in [6, 6.07) is 6.33. The Balaban J connectivity index is 1.16. The van der Waals surface area contributed by atoms with Gasteiger partial charge in [0.25, 0.3) is 11.1 Å². The maximum absolute atomic E-state index is 12.8. The fourth-order valence-corrected chi connectivity index (χ4v) is 5.37. The van der Waals surface area contributed by atoms with Crippen LogP contribution in [0.4, 0.5) is 17.6 Å². The fraction of sp³-hybridized carbons (Fsp3) is 0.393. The second kappa shape index (κ2) is 13.5. The van der Waals surface area contributed by atoms with Crippen molar-refractivity contribution in [2.75, 3.05) is 48.3 Å². The number of nitrogens with one attached hydrogen (secondary N) is 5. The van der Waals surface area contributed by atoms with Gasteiger partial charge in [-0.15, -0.1) is 0 Å². The molecule has 0 aliphatic carbocycles. The molecule has 6 rings (SSSR count). The van der Waals surface area contributed by atoms with E-state index in [4.69, 9.17) is 15.6 Å². The van der Waals surface area contributed by atoms with Gasteiger partial charge in [-0.25, -0.2) is 9.97 Å². The van der Waals surface area contributed by atoms with Gasteiger partial charge in [-0.1, -0.05) is 12.1 Å². The number of carbonyl (C=O) groups is 1. The lowest BCUT2D eigenvalue weighted by molar-refractivity contribution is -0.138. The monoisotopic (exact) mass is 650 g/mol. The molecule has 1 aliphatic rings. The van der Waals surface area contributed by atoms with E-state index in [1.807, 2.05) is 29.2 Å². The Labute approximate surface area is 264 Å². The van der Waals surface area contributed by atoms with E-state index in [1.165, 1.54) is 12.7 Å². The van der Waals surface area contributed by atoms with E-state index < -0.39 is 36.0 Å². The molecule has 248 valence electrons. The maximum atomic E-state index is 12.8. The van der Waals surface area contributed by atoms with Gasteiger partial charge in [-0.2, -0.15) is 9.97 Å². The average Bonchev–Trinajstić information content (AvgIpc) is 3.79. The highest BCUT2D eigenvalue weighted by Gasteiger charge is 2.35. The standard InChI is InChI=1S/C28H34N12O7/c29-16(26(45)46)9-14-1-3-15(4-2-14)39(7-5-30-27-35-22-20(24(43)37-27)32-12-33-22)8-6-31-28-36-23-21(25(44)38-28)34-13-40(23)19-10-17(42)18(11-41)47-19/h1-4,12-13,16-19,41-42H,5-11,29H2,(H,45,46)(H2,31,36,38,44)(H3,30,32,33,35,37,43)/t16-,17-,18+,19+/m0/s1. The number of benzene rings is 1. The van der Waals surface area contributed by atoms with E-state index in [9.17, 15) is 24.6 Å². The second-order valence-electron chi connectivity index (χ2n) is 11.0. The van der Waals surface area contributed by atoms with Crippen LogP contribution in [0.3, 0.4) is 0 Å². The molecule has 10 N–H and O–H groups in total. The van der Waals surface area contributed by atoms with Crippen molar-refractivity contribution >= 4 is 45.9 Å². The molecule has 0 bridgehead atoms. The van der Waals surface area contributed by atoms with Gasteiger partial charge in [0.15, 0.2) is 22.3 Å². The number of rotatable bonds is 14. The summed E-state index contributed by atoms with van der Waals surface area (Å²) < 4.78 is 7.28. The molecule has 0 saturated carbocycles. The van der Waals surface area contributed by atoms with Gasteiger partial charge in [0.1, 0.15) is 18.4 Å². The van der Waals surface area contributed by atoms with Crippen molar-refractivity contribution < 1.29 is 24.9 Å². The third-order valence-electron chi connectivity index (χ3n) is 7.85. The van der Waals surface area contributed by atoms with E-state index in [-0.39, 0.29) is 59.2 Å². The van der Waals surface area contributed by atoms with E-state index in [0.717, 1.165) is 11.3 Å². The zero-order valence-electron chi connectivity index (χ0n) is 25.0. The smallest absolute Gasteiger partial charge is 0.320 e. The fourth-order valence-electron chi connectivity index (χ4n) is 5.37. The Hall–Kier alpha value is -5.37. The molecule has 19 nitrogen and oxygen atoms in total. The van der Waals surface area contributed by atoms with Crippen LogP contribution in [-0.2, 0) is 16.0 Å². The largest absolute Gasteiger partial charge is 0.480 e. The first-order chi connectivity index (χ1) is 22.7. The number of aromatic amines is 3. The number of aliphatic hydroxyl groups is 2. The molecule has 0 unspecified atom stereocenters. The summed E-state index contributed by atoms with van der Waals surface area (Å²) in [7, 11) is 0. The van der Waals surface area contributed by atoms with Gasteiger partial charge in [0.05, 0.1) is 25.4 Å². The number of aromatic nitrogens is 8. The summed E-state index contributed by atoms with van der Waals surface area (Å²) in [4.78, 5) is 63.5. The minimum Gasteiger partial charge on any atom is -0.480 e. The number of carboxylic acids is 1. The van der Waals surface area contributed by atoms with Crippen LogP contribution in [0.25, 0.3) is 22.3 Å². The van der Waals surface area contributed by atoms with Crippen molar-refractivity contribution in [2.45, 2.75) is 37.3 Å². The van der Waals surface area contributed by atoms with Crippen LogP contribution in [0.1, 0.15) is 18.2 Å². The third-order valence-corrected chi connectivity index (χ3v) is 7.85. The molecule has 0 spiro atoms. The first-order valence-electron chi connectivity index (χ1n) is 14.8. The highest BCUT2D eigenvalue weighted by atomic mass is 16.5. The average molecular weight is 651 g/mol. The minimum atomic E-state index is -1.08. The van der Waals surface area contributed by atoms with Crippen LogP contribution in [0.5, 0.6) is 0 Å². The molecule has 4 atom stereocenters. The number of aliphatic carboxylic acids is 1. The summed E-state index contributed by atoms with van der Waals surface area (Å²) >= 11 is 0. The SMILES string of the molecule is N[C@@H](Cc1ccc(N(CCNc2nc3c(ncn3[C@H]3C[C@H](O)[C@@H](CO)O3)c(=O)[nH]2)CCNc2nc3nc[nH]c3c(=O)[nH]2)cc1)C(=O)O. The van der Waals surface area contributed by atoms with Gasteiger partial charge in [-0.05, 0) is 24.1 Å². The summed E-state index contributed by atoms with van der Waals surface area (Å²) in [5.74, 6) is -0.615. The quantitative estimate of drug-likeness (QED) is 0.0676. The van der Waals surface area contributed by atoms with E-state index in [2.05, 4.69) is 45.5 Å². The minimum absolute atomic E-state index is 0.108. The predicted molar refractivity (Wildman–Crippen MR) is 169 cm³/mol. The van der Waals surface area contributed by atoms with Gasteiger partial charge in [0.2, 0.25) is 11.9 Å². The summed E-state index contributed by atoms with van der Waals surface area (Å²) in [6.45, 7) is 1.28. The molecule has 19 heteroatoms. The first-order valence-corrected chi connectivity index (χ1v) is 14.8. The van der Waals surface area contributed by atoms with Crippen molar-refractivity contribution in [3.63, 3.8) is 0 Å². The number of nitrogens with two attached hydrogens (primary N) is 1. The zero-order valence-corrected chi connectivity index (χ0v) is 25.0. The summed E-state index contributed by atoms with van der Waals surface area (Å²) in [6.07, 6.45) is 0.934. The number of H-pyrrole nitrogens is 3. The normalized spacial score (nSPS) is 18.5. The summed E-state index contributed by atoms with van der Waals surface area (Å²) in [5.41, 5.74) is 7.42. The lowest BCUT2D eigenvalue weighted by Crippen LogP contribution is -2.34. The van der Waals surface area contributed by atoms with Crippen LogP contribution in [0, 0.1) is 0 Å². The lowest BCUT2D eigenvalue weighted by Gasteiger charge is -2.25. The van der Waals surface area contributed by atoms with Crippen molar-refractivity contribution in [3.05, 3.63) is 63.2 Å². The molecule has 0 amide bonds. The number of fused-ring (bicyclic) bond motifs is 2. The van der Waals surface area contributed by atoms with Crippen LogP contribution in [-0.4, -0.2) is 112 Å². The van der Waals surface area contributed by atoms with E-state index >= 15 is 0 Å². The van der Waals surface area contributed by atoms with Crippen LogP contribution < -0.4 is 32.4 Å². The Kier molecular flexibility index (Phi) is 9.11. The third kappa shape index (κ3) is 6.92.